The van der Waals surface area contributed by atoms with Crippen LogP contribution in [0, 0.1) is 28.6 Å². The molecule has 0 bridgehead atoms. The van der Waals surface area contributed by atoms with Crippen molar-refractivity contribution in [1.29, 1.82) is 0 Å². The molecular formula is C21H30O5. The van der Waals surface area contributed by atoms with E-state index in [0.717, 1.165) is 12.8 Å². The highest BCUT2D eigenvalue weighted by molar-refractivity contribution is 5.86. The van der Waals surface area contributed by atoms with Gasteiger partial charge in [-0.15, -0.1) is 0 Å². The maximum absolute atomic E-state index is 12.3. The molecule has 0 aromatic rings. The van der Waals surface area contributed by atoms with Gasteiger partial charge in [-0.3, -0.25) is 4.79 Å². The van der Waals surface area contributed by atoms with Crippen LogP contribution < -0.4 is 0 Å². The van der Waals surface area contributed by atoms with Crippen molar-refractivity contribution in [3.8, 4) is 0 Å². The number of rotatable bonds is 1. The summed E-state index contributed by atoms with van der Waals surface area (Å²) in [4.78, 5) is 12.3. The van der Waals surface area contributed by atoms with Crippen molar-refractivity contribution >= 4 is 5.78 Å². The zero-order chi connectivity index (χ0) is 19.1. The van der Waals surface area contributed by atoms with Crippen molar-refractivity contribution in [3.05, 3.63) is 23.8 Å². The second-order valence-corrected chi connectivity index (χ2v) is 9.39. The van der Waals surface area contributed by atoms with E-state index in [0.29, 0.717) is 18.4 Å². The van der Waals surface area contributed by atoms with Gasteiger partial charge in [0.25, 0.3) is 0 Å². The number of fused-ring (bicyclic) bond motifs is 5. The first-order chi connectivity index (χ1) is 12.1. The summed E-state index contributed by atoms with van der Waals surface area (Å²) >= 11 is 0. The van der Waals surface area contributed by atoms with Crippen LogP contribution in [0.4, 0.5) is 0 Å². The fourth-order valence-corrected chi connectivity index (χ4v) is 6.93. The highest BCUT2D eigenvalue weighted by Crippen LogP contribution is 2.67. The molecule has 0 aromatic carbocycles. The molecule has 144 valence electrons. The summed E-state index contributed by atoms with van der Waals surface area (Å²) in [7, 11) is 0. The molecule has 0 unspecified atom stereocenters. The van der Waals surface area contributed by atoms with Crippen LogP contribution in [-0.2, 0) is 4.79 Å². The lowest BCUT2D eigenvalue weighted by Crippen LogP contribution is -2.62. The summed E-state index contributed by atoms with van der Waals surface area (Å²) in [6.45, 7) is 5.51. The fraction of sp³-hybridized carbons (Fsp3) is 0.762. The lowest BCUT2D eigenvalue weighted by atomic mass is 9.46. The smallest absolute Gasteiger partial charge is 0.161 e. The van der Waals surface area contributed by atoms with Gasteiger partial charge in [-0.25, -0.2) is 0 Å². The molecule has 9 atom stereocenters. The SMILES string of the molecule is CC(=O)[C@@]1(O)CC[C@H]2[C@@H]3[C@H](O)[C@H](O)C4=C[C@@H](O)C=C[C@]4(C)[C@H]3CC[C@@]21C. The zero-order valence-corrected chi connectivity index (χ0v) is 15.7. The van der Waals surface area contributed by atoms with E-state index in [4.69, 9.17) is 0 Å². The summed E-state index contributed by atoms with van der Waals surface area (Å²) in [6, 6.07) is 0. The molecule has 3 fully saturated rings. The molecule has 4 N–H and O–H groups in total. The lowest BCUT2D eigenvalue weighted by Gasteiger charge is -2.60. The number of carbonyl (C=O) groups excluding carboxylic acids is 1. The van der Waals surface area contributed by atoms with Crippen LogP contribution in [-0.4, -0.2) is 50.1 Å². The molecule has 0 spiro atoms. The second kappa shape index (κ2) is 5.51. The molecule has 5 nitrogen and oxygen atoms in total. The highest BCUT2D eigenvalue weighted by Gasteiger charge is 2.67. The number of aliphatic hydroxyl groups is 4. The largest absolute Gasteiger partial charge is 0.390 e. The normalized spacial score (nSPS) is 55.6. The topological polar surface area (TPSA) is 98.0 Å². The summed E-state index contributed by atoms with van der Waals surface area (Å²) < 4.78 is 0. The maximum Gasteiger partial charge on any atom is 0.161 e. The zero-order valence-electron chi connectivity index (χ0n) is 15.7. The summed E-state index contributed by atoms with van der Waals surface area (Å²) in [5.74, 6) is -0.278. The van der Waals surface area contributed by atoms with Crippen LogP contribution in [0.15, 0.2) is 23.8 Å². The van der Waals surface area contributed by atoms with Gasteiger partial charge in [0.05, 0.1) is 12.2 Å². The number of hydrogen-bond acceptors (Lipinski definition) is 5. The maximum atomic E-state index is 12.3. The van der Waals surface area contributed by atoms with E-state index in [9.17, 15) is 25.2 Å². The van der Waals surface area contributed by atoms with Gasteiger partial charge in [0.1, 0.15) is 11.7 Å². The van der Waals surface area contributed by atoms with Gasteiger partial charge in [0.15, 0.2) is 5.78 Å². The second-order valence-electron chi connectivity index (χ2n) is 9.39. The van der Waals surface area contributed by atoms with E-state index in [2.05, 4.69) is 6.92 Å². The predicted molar refractivity (Wildman–Crippen MR) is 96.0 cm³/mol. The molecule has 0 saturated heterocycles. The minimum Gasteiger partial charge on any atom is -0.390 e. The van der Waals surface area contributed by atoms with Crippen LogP contribution >= 0.6 is 0 Å². The Balaban J connectivity index is 1.78. The third-order valence-corrected chi connectivity index (χ3v) is 8.49. The molecule has 3 saturated carbocycles. The van der Waals surface area contributed by atoms with E-state index < -0.39 is 34.7 Å². The van der Waals surface area contributed by atoms with Gasteiger partial charge >= 0.3 is 0 Å². The van der Waals surface area contributed by atoms with Crippen molar-refractivity contribution in [1.82, 2.24) is 0 Å². The Morgan fingerprint density at radius 1 is 1.12 bits per heavy atom. The number of aliphatic hydroxyl groups excluding tert-OH is 3. The first kappa shape index (κ1) is 18.4. The van der Waals surface area contributed by atoms with Crippen LogP contribution in [0.25, 0.3) is 0 Å². The van der Waals surface area contributed by atoms with Crippen LogP contribution in [0.3, 0.4) is 0 Å². The average Bonchev–Trinajstić information content (AvgIpc) is 2.87. The van der Waals surface area contributed by atoms with Crippen LogP contribution in [0.1, 0.15) is 46.5 Å². The van der Waals surface area contributed by atoms with Crippen molar-refractivity contribution < 1.29 is 25.2 Å². The Morgan fingerprint density at radius 3 is 2.42 bits per heavy atom. The number of allylic oxidation sites excluding steroid dienone is 1. The molecule has 4 aliphatic rings. The third-order valence-electron chi connectivity index (χ3n) is 8.49. The summed E-state index contributed by atoms with van der Waals surface area (Å²) in [5, 5.41) is 43.0. The summed E-state index contributed by atoms with van der Waals surface area (Å²) in [5.41, 5.74) is -1.63. The Bertz CT molecular complexity index is 699. The van der Waals surface area contributed by atoms with Crippen molar-refractivity contribution in [2.24, 2.45) is 28.6 Å². The quantitative estimate of drug-likeness (QED) is 0.528. The predicted octanol–water partition coefficient (Wildman–Crippen LogP) is 1.35. The molecule has 0 aliphatic heterocycles. The molecule has 0 heterocycles. The number of ketones is 1. The fourth-order valence-electron chi connectivity index (χ4n) is 6.93. The lowest BCUT2D eigenvalue weighted by molar-refractivity contribution is -0.175. The van der Waals surface area contributed by atoms with Gasteiger partial charge < -0.3 is 20.4 Å². The van der Waals surface area contributed by atoms with E-state index in [1.54, 1.807) is 12.2 Å². The minimum absolute atomic E-state index is 0.0153. The first-order valence-electron chi connectivity index (χ1n) is 9.75. The van der Waals surface area contributed by atoms with Crippen LogP contribution in [0.5, 0.6) is 0 Å². The third kappa shape index (κ3) is 2.03. The van der Waals surface area contributed by atoms with Crippen molar-refractivity contribution in [3.63, 3.8) is 0 Å². The molecule has 26 heavy (non-hydrogen) atoms. The Labute approximate surface area is 154 Å². The Kier molecular flexibility index (Phi) is 3.89. The molecule has 4 aliphatic carbocycles. The van der Waals surface area contributed by atoms with E-state index in [1.165, 1.54) is 6.92 Å². The van der Waals surface area contributed by atoms with Crippen LogP contribution in [0.2, 0.25) is 0 Å². The van der Waals surface area contributed by atoms with Gasteiger partial charge in [-0.1, -0.05) is 26.0 Å². The van der Waals surface area contributed by atoms with Gasteiger partial charge in [0.2, 0.25) is 0 Å². The van der Waals surface area contributed by atoms with E-state index in [1.807, 2.05) is 13.0 Å². The van der Waals surface area contributed by atoms with Gasteiger partial charge in [-0.05, 0) is 62.0 Å². The number of hydrogen-bond donors (Lipinski definition) is 4. The van der Waals surface area contributed by atoms with E-state index >= 15 is 0 Å². The molecule has 5 heteroatoms. The van der Waals surface area contributed by atoms with E-state index in [-0.39, 0.29) is 23.5 Å². The Morgan fingerprint density at radius 2 is 1.77 bits per heavy atom. The molecular weight excluding hydrogens is 332 g/mol. The molecule has 0 aromatic heterocycles. The minimum atomic E-state index is -1.34. The number of carbonyl (C=O) groups is 1. The molecule has 4 rings (SSSR count). The first-order valence-corrected chi connectivity index (χ1v) is 9.75. The van der Waals surface area contributed by atoms with Gasteiger partial charge in [-0.2, -0.15) is 0 Å². The average molecular weight is 362 g/mol. The summed E-state index contributed by atoms with van der Waals surface area (Å²) in [6.07, 6.45) is 5.27. The molecule has 0 radical (unpaired) electrons. The number of Topliss-reactive ketones (excluding diaryl/α,β-unsaturated/α-hetero) is 1. The molecule has 0 amide bonds. The monoisotopic (exact) mass is 362 g/mol. The van der Waals surface area contributed by atoms with Crippen molar-refractivity contribution in [2.45, 2.75) is 70.4 Å². The Hall–Kier alpha value is -1.01. The van der Waals surface area contributed by atoms with Crippen molar-refractivity contribution in [2.75, 3.05) is 0 Å². The van der Waals surface area contributed by atoms with Gasteiger partial charge in [0, 0.05) is 10.8 Å². The standard InChI is InChI=1S/C21H30O5/c1-11(22)21(26)9-6-14-16-13(5-8-20(14,21)3)19(2)7-4-12(23)10-15(19)17(24)18(16)25/h4,7,10,12-14,16-18,23-26H,5-6,8-9H2,1-3H3/t12-,13-,14-,16+,17+,18-,19+,20-,21-/m0/s1. The highest BCUT2D eigenvalue weighted by atomic mass is 16.3.